The Bertz CT molecular complexity index is 1100. The highest BCUT2D eigenvalue weighted by Gasteiger charge is 2.32. The first-order valence-corrected chi connectivity index (χ1v) is 14.2. The Balaban J connectivity index is 2.99. The number of carboxylic acids is 2. The Hall–Kier alpha value is -4.04. The van der Waals surface area contributed by atoms with Gasteiger partial charge < -0.3 is 42.3 Å². The molecule has 4 amide bonds. The molecule has 0 radical (unpaired) electrons. The summed E-state index contributed by atoms with van der Waals surface area (Å²) in [4.78, 5) is 74.4. The average molecular weight is 608 g/mol. The van der Waals surface area contributed by atoms with E-state index in [1.54, 1.807) is 52.0 Å². The third kappa shape index (κ3) is 14.1. The molecule has 1 rings (SSSR count). The predicted octanol–water partition coefficient (Wildman–Crippen LogP) is -0.470. The molecule has 0 aliphatic carbocycles. The van der Waals surface area contributed by atoms with E-state index < -0.39 is 78.8 Å². The van der Waals surface area contributed by atoms with Crippen molar-refractivity contribution in [2.45, 2.75) is 90.0 Å². The van der Waals surface area contributed by atoms with Crippen LogP contribution in [0.2, 0.25) is 0 Å². The fraction of sp³-hybridized carbons (Fsp3) is 0.586. The Morgan fingerprint density at radius 1 is 0.698 bits per heavy atom. The topological polar surface area (TPSA) is 237 Å². The summed E-state index contributed by atoms with van der Waals surface area (Å²) in [5.41, 5.74) is 6.79. The number of nitrogens with one attached hydrogen (secondary N) is 4. The molecule has 0 saturated carbocycles. The van der Waals surface area contributed by atoms with Gasteiger partial charge in [0.25, 0.3) is 0 Å². The van der Waals surface area contributed by atoms with Gasteiger partial charge in [0.1, 0.15) is 24.2 Å². The molecule has 0 unspecified atom stereocenters. The molecule has 0 aliphatic rings. The van der Waals surface area contributed by atoms with Crippen LogP contribution in [0.1, 0.15) is 58.9 Å². The van der Waals surface area contributed by atoms with Crippen molar-refractivity contribution in [3.05, 3.63) is 35.9 Å². The van der Waals surface area contributed by atoms with Crippen molar-refractivity contribution in [1.82, 2.24) is 21.3 Å². The Morgan fingerprint density at radius 3 is 1.56 bits per heavy atom. The molecule has 0 aliphatic heterocycles. The van der Waals surface area contributed by atoms with E-state index in [2.05, 4.69) is 21.3 Å². The van der Waals surface area contributed by atoms with E-state index in [1.165, 1.54) is 0 Å². The van der Waals surface area contributed by atoms with Gasteiger partial charge in [0.05, 0.1) is 12.6 Å². The standard InChI is InChI=1S/C29H45N5O9/c1-16(2)12-21(26(39)31-20(29(42)43)10-11-24(36)37)32-27(40)22(13-17(3)4)33-28(41)23(15-35)34-25(38)19(30)14-18-8-6-5-7-9-18/h5-9,16-17,19-23,35H,10-15,30H2,1-4H3,(H,31,39)(H,32,40)(H,33,41)(H,34,38)(H,36,37)(H,42,43)/t19-,20-,21-,22-,23-/m0/s1. The van der Waals surface area contributed by atoms with Crippen LogP contribution in [0.5, 0.6) is 0 Å². The number of carbonyl (C=O) groups is 6. The van der Waals surface area contributed by atoms with Crippen LogP contribution in [-0.4, -0.2) is 87.7 Å². The van der Waals surface area contributed by atoms with E-state index in [4.69, 9.17) is 10.8 Å². The molecule has 0 spiro atoms. The fourth-order valence-electron chi connectivity index (χ4n) is 4.18. The lowest BCUT2D eigenvalue weighted by atomic mass is 9.99. The van der Waals surface area contributed by atoms with E-state index in [0.29, 0.717) is 0 Å². The molecule has 14 nitrogen and oxygen atoms in total. The lowest BCUT2D eigenvalue weighted by Crippen LogP contribution is -2.59. The zero-order chi connectivity index (χ0) is 32.7. The Labute approximate surface area is 251 Å². The van der Waals surface area contributed by atoms with E-state index in [0.717, 1.165) is 5.56 Å². The second-order valence-electron chi connectivity index (χ2n) is 11.3. The molecule has 5 atom stereocenters. The van der Waals surface area contributed by atoms with Crippen LogP contribution in [0.25, 0.3) is 0 Å². The number of rotatable bonds is 19. The molecule has 0 fully saturated rings. The summed E-state index contributed by atoms with van der Waals surface area (Å²) >= 11 is 0. The van der Waals surface area contributed by atoms with E-state index in [1.807, 2.05) is 6.07 Å². The van der Waals surface area contributed by atoms with Crippen molar-refractivity contribution in [2.75, 3.05) is 6.61 Å². The highest BCUT2D eigenvalue weighted by atomic mass is 16.4. The van der Waals surface area contributed by atoms with Crippen LogP contribution in [-0.2, 0) is 35.2 Å². The molecule has 0 saturated heterocycles. The maximum absolute atomic E-state index is 13.3. The van der Waals surface area contributed by atoms with Crippen molar-refractivity contribution in [1.29, 1.82) is 0 Å². The monoisotopic (exact) mass is 607 g/mol. The van der Waals surface area contributed by atoms with Gasteiger partial charge in [-0.25, -0.2) is 4.79 Å². The quantitative estimate of drug-likeness (QED) is 0.101. The van der Waals surface area contributed by atoms with E-state index in [-0.39, 0.29) is 37.5 Å². The van der Waals surface area contributed by atoms with Gasteiger partial charge in [0.2, 0.25) is 23.6 Å². The van der Waals surface area contributed by atoms with Crippen molar-refractivity contribution < 1.29 is 44.1 Å². The fourth-order valence-corrected chi connectivity index (χ4v) is 4.18. The van der Waals surface area contributed by atoms with Gasteiger partial charge in [-0.2, -0.15) is 0 Å². The number of aliphatic carboxylic acids is 2. The summed E-state index contributed by atoms with van der Waals surface area (Å²) in [5.74, 6) is -5.91. The van der Waals surface area contributed by atoms with Crippen LogP contribution in [0.4, 0.5) is 0 Å². The number of nitrogens with two attached hydrogens (primary N) is 1. The van der Waals surface area contributed by atoms with Crippen molar-refractivity contribution in [2.24, 2.45) is 17.6 Å². The largest absolute Gasteiger partial charge is 0.481 e. The summed E-state index contributed by atoms with van der Waals surface area (Å²) < 4.78 is 0. The summed E-state index contributed by atoms with van der Waals surface area (Å²) in [6, 6.07) is 2.76. The van der Waals surface area contributed by atoms with E-state index >= 15 is 0 Å². The smallest absolute Gasteiger partial charge is 0.326 e. The number of benzene rings is 1. The molecule has 0 bridgehead atoms. The lowest BCUT2D eigenvalue weighted by molar-refractivity contribution is -0.143. The summed E-state index contributed by atoms with van der Waals surface area (Å²) in [7, 11) is 0. The number of aliphatic hydroxyl groups excluding tert-OH is 1. The van der Waals surface area contributed by atoms with Gasteiger partial charge in [-0.3, -0.25) is 24.0 Å². The van der Waals surface area contributed by atoms with Crippen molar-refractivity contribution in [3.8, 4) is 0 Å². The first kappa shape index (κ1) is 37.0. The van der Waals surface area contributed by atoms with Crippen LogP contribution in [0.15, 0.2) is 30.3 Å². The molecule has 9 N–H and O–H groups in total. The van der Waals surface area contributed by atoms with Crippen molar-refractivity contribution >= 4 is 35.6 Å². The molecule has 0 aromatic heterocycles. The van der Waals surface area contributed by atoms with Crippen molar-refractivity contribution in [3.63, 3.8) is 0 Å². The third-order valence-electron chi connectivity index (χ3n) is 6.39. The first-order valence-electron chi connectivity index (χ1n) is 14.2. The maximum atomic E-state index is 13.3. The lowest BCUT2D eigenvalue weighted by Gasteiger charge is -2.27. The highest BCUT2D eigenvalue weighted by molar-refractivity contribution is 5.95. The van der Waals surface area contributed by atoms with Gasteiger partial charge in [-0.15, -0.1) is 0 Å². The molecule has 240 valence electrons. The Kier molecular flexibility index (Phi) is 15.9. The van der Waals surface area contributed by atoms with E-state index in [9.17, 15) is 39.0 Å². The molecule has 0 heterocycles. The van der Waals surface area contributed by atoms with Gasteiger partial charge in [-0.05, 0) is 43.1 Å². The molecule has 43 heavy (non-hydrogen) atoms. The number of hydrogen-bond acceptors (Lipinski definition) is 8. The molecular weight excluding hydrogens is 562 g/mol. The molecule has 14 heteroatoms. The number of amides is 4. The van der Waals surface area contributed by atoms with Gasteiger partial charge in [0, 0.05) is 6.42 Å². The summed E-state index contributed by atoms with van der Waals surface area (Å²) in [6.45, 7) is 6.42. The average Bonchev–Trinajstić information content (AvgIpc) is 2.92. The van der Waals surface area contributed by atoms with Crippen LogP contribution >= 0.6 is 0 Å². The van der Waals surface area contributed by atoms with Gasteiger partial charge in [0.15, 0.2) is 0 Å². The summed E-state index contributed by atoms with van der Waals surface area (Å²) in [5, 5.41) is 37.9. The first-order chi connectivity index (χ1) is 20.1. The predicted molar refractivity (Wildman–Crippen MR) is 156 cm³/mol. The van der Waals surface area contributed by atoms with Crippen LogP contribution in [0.3, 0.4) is 0 Å². The Morgan fingerprint density at radius 2 is 1.14 bits per heavy atom. The van der Waals surface area contributed by atoms with Crippen LogP contribution in [0, 0.1) is 11.8 Å². The zero-order valence-electron chi connectivity index (χ0n) is 25.0. The number of carbonyl (C=O) groups excluding carboxylic acids is 4. The molecule has 1 aromatic carbocycles. The minimum atomic E-state index is -1.48. The second-order valence-corrected chi connectivity index (χ2v) is 11.3. The minimum Gasteiger partial charge on any atom is -0.481 e. The number of aliphatic hydroxyl groups is 1. The number of hydrogen-bond donors (Lipinski definition) is 8. The summed E-state index contributed by atoms with van der Waals surface area (Å²) in [6.07, 6.45) is -0.374. The second kappa shape index (κ2) is 18.5. The normalized spacial score (nSPS) is 14.6. The number of carboxylic acid groups (broad SMARTS) is 2. The SMILES string of the molecule is CC(C)C[C@H](NC(=O)[C@H](CC(C)C)NC(=O)[C@H](CO)NC(=O)[C@@H](N)Cc1ccccc1)C(=O)N[C@@H](CCC(=O)O)C(=O)O. The van der Waals surface area contributed by atoms with Crippen LogP contribution < -0.4 is 27.0 Å². The highest BCUT2D eigenvalue weighted by Crippen LogP contribution is 2.10. The van der Waals surface area contributed by atoms with Gasteiger partial charge >= 0.3 is 11.9 Å². The van der Waals surface area contributed by atoms with Gasteiger partial charge in [-0.1, -0.05) is 58.0 Å². The third-order valence-corrected chi connectivity index (χ3v) is 6.39. The zero-order valence-corrected chi connectivity index (χ0v) is 25.0. The maximum Gasteiger partial charge on any atom is 0.326 e. The molecule has 1 aromatic rings. The molecular formula is C29H45N5O9. The minimum absolute atomic E-state index is 0.0951.